The predicted octanol–water partition coefficient (Wildman–Crippen LogP) is 4.21. The molecule has 0 saturated carbocycles. The van der Waals surface area contributed by atoms with Crippen LogP contribution in [0.1, 0.15) is 45.4 Å². The first kappa shape index (κ1) is 10.4. The molecule has 2 heteroatoms. The van der Waals surface area contributed by atoms with Crippen LogP contribution in [0.3, 0.4) is 0 Å². The number of hydrogen-bond donors (Lipinski definition) is 0. The average molecular weight is 187 g/mol. The Hall–Kier alpha value is 0.355. The van der Waals surface area contributed by atoms with Crippen molar-refractivity contribution in [3.05, 3.63) is 0 Å². The predicted molar refractivity (Wildman–Crippen MR) is 58.1 cm³/mol. The standard InChI is InChI=1S/C10H20BCl/c1-2-3-4-5-6-10-7-8-11(12)9-10/h10H,2-9H2,1H3/t10-/m1/s1. The molecule has 0 bridgehead atoms. The number of halogens is 1. The monoisotopic (exact) mass is 186 g/mol. The highest BCUT2D eigenvalue weighted by molar-refractivity contribution is 7.07. The minimum atomic E-state index is 0.501. The zero-order valence-corrected chi connectivity index (χ0v) is 8.95. The zero-order valence-electron chi connectivity index (χ0n) is 8.19. The largest absolute Gasteiger partial charge is 0.250 e. The van der Waals surface area contributed by atoms with Crippen molar-refractivity contribution in [2.75, 3.05) is 0 Å². The van der Waals surface area contributed by atoms with Gasteiger partial charge in [-0.15, -0.1) is 0 Å². The molecule has 0 N–H and O–H groups in total. The van der Waals surface area contributed by atoms with Crippen molar-refractivity contribution in [1.82, 2.24) is 0 Å². The molecule has 0 aromatic rings. The Bertz CT molecular complexity index is 116. The van der Waals surface area contributed by atoms with E-state index < -0.39 is 0 Å². The van der Waals surface area contributed by atoms with Crippen LogP contribution in [-0.2, 0) is 0 Å². The Kier molecular flexibility index (Phi) is 5.14. The van der Waals surface area contributed by atoms with E-state index in [0.29, 0.717) is 6.13 Å². The summed E-state index contributed by atoms with van der Waals surface area (Å²) in [5.41, 5.74) is 0. The molecule has 0 radical (unpaired) electrons. The summed E-state index contributed by atoms with van der Waals surface area (Å²) < 4.78 is 0. The van der Waals surface area contributed by atoms with Crippen LogP contribution in [0.2, 0.25) is 12.6 Å². The Morgan fingerprint density at radius 2 is 2.17 bits per heavy atom. The molecule has 1 heterocycles. The normalized spacial score (nSPS) is 23.5. The van der Waals surface area contributed by atoms with Crippen LogP contribution < -0.4 is 0 Å². The first-order chi connectivity index (χ1) is 5.83. The molecular weight excluding hydrogens is 166 g/mol. The van der Waals surface area contributed by atoms with Gasteiger partial charge in [-0.25, -0.2) is 0 Å². The second-order valence-corrected chi connectivity index (χ2v) is 4.74. The lowest BCUT2D eigenvalue weighted by Crippen LogP contribution is -1.97. The Morgan fingerprint density at radius 1 is 1.33 bits per heavy atom. The van der Waals surface area contributed by atoms with Crippen molar-refractivity contribution < 1.29 is 0 Å². The summed E-state index contributed by atoms with van der Waals surface area (Å²) in [6.45, 7) is 2.27. The molecule has 1 rings (SSSR count). The third kappa shape index (κ3) is 3.84. The summed E-state index contributed by atoms with van der Waals surface area (Å²) >= 11 is 6.05. The third-order valence-corrected chi connectivity index (χ3v) is 3.34. The van der Waals surface area contributed by atoms with Gasteiger partial charge in [-0.3, -0.25) is 0 Å². The SMILES string of the molecule is CCCCCC[C@@H]1CCB(Cl)C1. The van der Waals surface area contributed by atoms with Gasteiger partial charge in [-0.2, -0.15) is 11.5 Å². The van der Waals surface area contributed by atoms with Crippen molar-refractivity contribution >= 4 is 17.6 Å². The van der Waals surface area contributed by atoms with Gasteiger partial charge in [0.2, 0.25) is 0 Å². The van der Waals surface area contributed by atoms with Gasteiger partial charge in [0, 0.05) is 0 Å². The summed E-state index contributed by atoms with van der Waals surface area (Å²) in [7, 11) is 0. The van der Waals surface area contributed by atoms with Crippen LogP contribution in [0.5, 0.6) is 0 Å². The molecule has 0 aliphatic carbocycles. The quantitative estimate of drug-likeness (QED) is 0.446. The second kappa shape index (κ2) is 5.91. The molecular formula is C10H20BCl. The van der Waals surface area contributed by atoms with Crippen molar-refractivity contribution in [1.29, 1.82) is 0 Å². The van der Waals surface area contributed by atoms with Gasteiger partial charge < -0.3 is 0 Å². The van der Waals surface area contributed by atoms with E-state index in [1.807, 2.05) is 0 Å². The molecule has 0 nitrogen and oxygen atoms in total. The molecule has 0 aromatic carbocycles. The van der Waals surface area contributed by atoms with Gasteiger partial charge in [0.05, 0.1) is 0 Å². The van der Waals surface area contributed by atoms with Gasteiger partial charge in [-0.05, 0) is 5.92 Å². The number of rotatable bonds is 5. The van der Waals surface area contributed by atoms with E-state index in [2.05, 4.69) is 6.92 Å². The molecule has 70 valence electrons. The van der Waals surface area contributed by atoms with Crippen LogP contribution in [0.4, 0.5) is 0 Å². The molecule has 12 heavy (non-hydrogen) atoms. The van der Waals surface area contributed by atoms with E-state index in [9.17, 15) is 0 Å². The fourth-order valence-electron chi connectivity index (χ4n) is 2.14. The number of unbranched alkanes of at least 4 members (excludes halogenated alkanes) is 3. The zero-order chi connectivity index (χ0) is 8.81. The fraction of sp³-hybridized carbons (Fsp3) is 1.00. The van der Waals surface area contributed by atoms with Gasteiger partial charge in [0.15, 0.2) is 0 Å². The Balaban J connectivity index is 1.93. The van der Waals surface area contributed by atoms with Crippen molar-refractivity contribution in [3.63, 3.8) is 0 Å². The molecule has 0 spiro atoms. The molecule has 1 saturated heterocycles. The average Bonchev–Trinajstić information content (AvgIpc) is 2.45. The van der Waals surface area contributed by atoms with Gasteiger partial charge >= 0.3 is 0 Å². The maximum absolute atomic E-state index is 6.05. The van der Waals surface area contributed by atoms with Gasteiger partial charge in [-0.1, -0.05) is 58.1 Å². The van der Waals surface area contributed by atoms with Crippen molar-refractivity contribution in [2.45, 2.75) is 58.1 Å². The highest BCUT2D eigenvalue weighted by Gasteiger charge is 2.25. The molecule has 1 aliphatic heterocycles. The Labute approximate surface area is 82.1 Å². The summed E-state index contributed by atoms with van der Waals surface area (Å²) in [5, 5.41) is 0. The lowest BCUT2D eigenvalue weighted by molar-refractivity contribution is 0.493. The highest BCUT2D eigenvalue weighted by Crippen LogP contribution is 2.32. The van der Waals surface area contributed by atoms with Crippen molar-refractivity contribution in [3.8, 4) is 0 Å². The lowest BCUT2D eigenvalue weighted by atomic mass is 9.73. The molecule has 1 aliphatic rings. The highest BCUT2D eigenvalue weighted by atomic mass is 35.5. The van der Waals surface area contributed by atoms with Crippen LogP contribution in [-0.4, -0.2) is 6.13 Å². The van der Waals surface area contributed by atoms with E-state index >= 15 is 0 Å². The molecule has 0 unspecified atom stereocenters. The third-order valence-electron chi connectivity index (χ3n) is 2.94. The van der Waals surface area contributed by atoms with Crippen LogP contribution in [0.25, 0.3) is 0 Å². The van der Waals surface area contributed by atoms with Crippen LogP contribution >= 0.6 is 11.5 Å². The van der Waals surface area contributed by atoms with Crippen molar-refractivity contribution in [2.24, 2.45) is 5.92 Å². The molecule has 0 aromatic heterocycles. The summed E-state index contributed by atoms with van der Waals surface area (Å²) in [4.78, 5) is 0. The fourth-order valence-corrected chi connectivity index (χ4v) is 2.51. The molecule has 1 atom stereocenters. The minimum absolute atomic E-state index is 0.501. The van der Waals surface area contributed by atoms with Crippen LogP contribution in [0.15, 0.2) is 0 Å². The first-order valence-corrected chi connectivity index (χ1v) is 5.90. The van der Waals surface area contributed by atoms with E-state index in [1.54, 1.807) is 0 Å². The summed E-state index contributed by atoms with van der Waals surface area (Å²) in [5.74, 6) is 0.962. The smallest absolute Gasteiger partial charge is 0.196 e. The maximum atomic E-state index is 6.05. The topological polar surface area (TPSA) is 0 Å². The summed E-state index contributed by atoms with van der Waals surface area (Å²) in [6.07, 6.45) is 11.5. The van der Waals surface area contributed by atoms with Crippen LogP contribution in [0, 0.1) is 5.92 Å². The summed E-state index contributed by atoms with van der Waals surface area (Å²) in [6, 6.07) is 0. The Morgan fingerprint density at radius 3 is 2.75 bits per heavy atom. The lowest BCUT2D eigenvalue weighted by Gasteiger charge is -2.07. The molecule has 1 fully saturated rings. The van der Waals surface area contributed by atoms with E-state index in [1.165, 1.54) is 51.2 Å². The second-order valence-electron chi connectivity index (χ2n) is 4.13. The molecule has 0 amide bonds. The van der Waals surface area contributed by atoms with Gasteiger partial charge in [0.25, 0.3) is 6.13 Å². The first-order valence-electron chi connectivity index (χ1n) is 5.47. The van der Waals surface area contributed by atoms with E-state index in [-0.39, 0.29) is 0 Å². The van der Waals surface area contributed by atoms with Gasteiger partial charge in [0.1, 0.15) is 0 Å². The van der Waals surface area contributed by atoms with E-state index in [4.69, 9.17) is 11.5 Å². The van der Waals surface area contributed by atoms with E-state index in [0.717, 1.165) is 5.92 Å². The number of hydrogen-bond acceptors (Lipinski definition) is 0. The maximum Gasteiger partial charge on any atom is 0.250 e. The minimum Gasteiger partial charge on any atom is -0.196 e.